The van der Waals surface area contributed by atoms with Gasteiger partial charge in [-0.05, 0) is 57.6 Å². The van der Waals surface area contributed by atoms with Crippen LogP contribution >= 0.6 is 0 Å². The minimum atomic E-state index is 0.0192. The Morgan fingerprint density at radius 3 is 2.70 bits per heavy atom. The normalized spacial score (nSPS) is 20.4. The van der Waals surface area contributed by atoms with Gasteiger partial charge in [0.15, 0.2) is 0 Å². The molecule has 1 saturated carbocycles. The molecule has 0 saturated heterocycles. The van der Waals surface area contributed by atoms with Crippen LogP contribution < -0.4 is 5.43 Å². The number of carbonyl (C=O) groups excluding carboxylic acids is 1. The number of nitrogens with one attached hydrogen (secondary N) is 1. The van der Waals surface area contributed by atoms with Crippen molar-refractivity contribution in [3.63, 3.8) is 0 Å². The molecule has 1 aromatic rings. The van der Waals surface area contributed by atoms with Crippen molar-refractivity contribution in [3.8, 4) is 0 Å². The standard InChI is InChI=1S/C20H26N2O/c1-15(2)8-7-9-16(3)12-13-21-22-20(23)19-14-18(19)17-10-5-4-6-11-17/h4-6,8,10-13,18-19H,7,9,14H2,1-3H3,(H,22,23)/b16-12-,21-13+. The van der Waals surface area contributed by atoms with E-state index < -0.39 is 0 Å². The average molecular weight is 310 g/mol. The Kier molecular flexibility index (Phi) is 6.33. The molecule has 1 aliphatic rings. The highest BCUT2D eigenvalue weighted by Gasteiger charge is 2.43. The van der Waals surface area contributed by atoms with Gasteiger partial charge in [-0.15, -0.1) is 0 Å². The molecule has 0 aromatic heterocycles. The largest absolute Gasteiger partial charge is 0.273 e. The second kappa shape index (κ2) is 8.47. The fourth-order valence-electron chi connectivity index (χ4n) is 2.57. The number of rotatable bonds is 7. The van der Waals surface area contributed by atoms with Gasteiger partial charge in [0, 0.05) is 12.1 Å². The molecule has 0 heterocycles. The number of allylic oxidation sites excluding steroid dienone is 4. The highest BCUT2D eigenvalue weighted by Crippen LogP contribution is 2.47. The summed E-state index contributed by atoms with van der Waals surface area (Å²) < 4.78 is 0. The van der Waals surface area contributed by atoms with E-state index in [4.69, 9.17) is 0 Å². The van der Waals surface area contributed by atoms with Crippen molar-refractivity contribution in [1.82, 2.24) is 5.43 Å². The molecule has 122 valence electrons. The third kappa shape index (κ3) is 5.85. The Hall–Kier alpha value is -2.16. The molecule has 3 heteroatoms. The van der Waals surface area contributed by atoms with Gasteiger partial charge in [0.1, 0.15) is 0 Å². The lowest BCUT2D eigenvalue weighted by atomic mass is 10.1. The first kappa shape index (κ1) is 17.2. The van der Waals surface area contributed by atoms with Crippen molar-refractivity contribution in [2.24, 2.45) is 11.0 Å². The molecule has 2 unspecified atom stereocenters. The van der Waals surface area contributed by atoms with Crippen LogP contribution in [0, 0.1) is 5.92 Å². The van der Waals surface area contributed by atoms with Crippen LogP contribution in [0.25, 0.3) is 0 Å². The number of nitrogens with zero attached hydrogens (tertiary/aromatic N) is 1. The van der Waals surface area contributed by atoms with Gasteiger partial charge in [-0.25, -0.2) is 5.43 Å². The van der Waals surface area contributed by atoms with Crippen LogP contribution in [0.1, 0.15) is 51.5 Å². The summed E-state index contributed by atoms with van der Waals surface area (Å²) >= 11 is 0. The smallest absolute Gasteiger partial charge is 0.243 e. The molecular formula is C20H26N2O. The maximum atomic E-state index is 12.0. The monoisotopic (exact) mass is 310 g/mol. The van der Waals surface area contributed by atoms with Crippen molar-refractivity contribution in [2.45, 2.75) is 46.0 Å². The summed E-state index contributed by atoms with van der Waals surface area (Å²) in [6.07, 6.45) is 8.85. The lowest BCUT2D eigenvalue weighted by Gasteiger charge is -2.00. The SMILES string of the molecule is CC(C)=CCC/C(C)=C\C=N\NC(=O)C1CC1c1ccccc1. The predicted octanol–water partition coefficient (Wildman–Crippen LogP) is 4.58. The first-order chi connectivity index (χ1) is 11.1. The molecule has 23 heavy (non-hydrogen) atoms. The lowest BCUT2D eigenvalue weighted by molar-refractivity contribution is -0.122. The zero-order valence-electron chi connectivity index (χ0n) is 14.3. The van der Waals surface area contributed by atoms with Gasteiger partial charge in [-0.3, -0.25) is 4.79 Å². The third-order valence-electron chi connectivity index (χ3n) is 4.05. The van der Waals surface area contributed by atoms with Crippen molar-refractivity contribution >= 4 is 12.1 Å². The maximum Gasteiger partial charge on any atom is 0.243 e. The first-order valence-corrected chi connectivity index (χ1v) is 8.25. The summed E-state index contributed by atoms with van der Waals surface area (Å²) in [7, 11) is 0. The number of hydrazone groups is 1. The van der Waals surface area contributed by atoms with Gasteiger partial charge < -0.3 is 0 Å². The number of hydrogen-bond donors (Lipinski definition) is 1. The molecular weight excluding hydrogens is 284 g/mol. The van der Waals surface area contributed by atoms with Gasteiger partial charge in [-0.1, -0.05) is 47.6 Å². The zero-order valence-corrected chi connectivity index (χ0v) is 14.3. The quantitative estimate of drug-likeness (QED) is 0.447. The van der Waals surface area contributed by atoms with Gasteiger partial charge in [-0.2, -0.15) is 5.10 Å². The summed E-state index contributed by atoms with van der Waals surface area (Å²) in [4.78, 5) is 12.0. The van der Waals surface area contributed by atoms with E-state index in [1.165, 1.54) is 16.7 Å². The average Bonchev–Trinajstić information content (AvgIpc) is 3.32. The molecule has 1 aromatic carbocycles. The molecule has 2 atom stereocenters. The van der Waals surface area contributed by atoms with Crippen molar-refractivity contribution in [2.75, 3.05) is 0 Å². The Bertz CT molecular complexity index is 610. The van der Waals surface area contributed by atoms with Crippen LogP contribution in [0.2, 0.25) is 0 Å². The summed E-state index contributed by atoms with van der Waals surface area (Å²) in [5.41, 5.74) is 6.49. The van der Waals surface area contributed by atoms with E-state index in [0.717, 1.165) is 19.3 Å². The van der Waals surface area contributed by atoms with E-state index in [2.05, 4.69) is 49.5 Å². The second-order valence-corrected chi connectivity index (χ2v) is 6.45. The fourth-order valence-corrected chi connectivity index (χ4v) is 2.57. The van der Waals surface area contributed by atoms with E-state index in [1.54, 1.807) is 6.21 Å². The van der Waals surface area contributed by atoms with Crippen LogP contribution in [0.5, 0.6) is 0 Å². The van der Waals surface area contributed by atoms with E-state index in [0.29, 0.717) is 5.92 Å². The topological polar surface area (TPSA) is 41.5 Å². The molecule has 1 N–H and O–H groups in total. The maximum absolute atomic E-state index is 12.0. The summed E-state index contributed by atoms with van der Waals surface area (Å²) in [6.45, 7) is 6.30. The highest BCUT2D eigenvalue weighted by atomic mass is 16.2. The summed E-state index contributed by atoms with van der Waals surface area (Å²) in [6, 6.07) is 10.2. The number of hydrogen-bond acceptors (Lipinski definition) is 2. The highest BCUT2D eigenvalue weighted by molar-refractivity contribution is 5.84. The third-order valence-corrected chi connectivity index (χ3v) is 4.05. The molecule has 1 aliphatic carbocycles. The van der Waals surface area contributed by atoms with Crippen LogP contribution in [0.3, 0.4) is 0 Å². The van der Waals surface area contributed by atoms with Gasteiger partial charge >= 0.3 is 0 Å². The van der Waals surface area contributed by atoms with Crippen molar-refractivity contribution < 1.29 is 4.79 Å². The zero-order chi connectivity index (χ0) is 16.7. The minimum Gasteiger partial charge on any atom is -0.273 e. The number of amides is 1. The molecule has 2 rings (SSSR count). The Morgan fingerprint density at radius 2 is 2.00 bits per heavy atom. The summed E-state index contributed by atoms with van der Waals surface area (Å²) in [5.74, 6) is 0.440. The van der Waals surface area contributed by atoms with Gasteiger partial charge in [0.05, 0.1) is 0 Å². The Balaban J connectivity index is 1.72. The van der Waals surface area contributed by atoms with Gasteiger partial charge in [0.2, 0.25) is 5.91 Å². The van der Waals surface area contributed by atoms with E-state index in [1.807, 2.05) is 24.3 Å². The molecule has 3 nitrogen and oxygen atoms in total. The number of benzene rings is 1. The molecule has 1 amide bonds. The predicted molar refractivity (Wildman–Crippen MR) is 96.3 cm³/mol. The molecule has 0 radical (unpaired) electrons. The molecule has 0 aliphatic heterocycles. The van der Waals surface area contributed by atoms with Crippen molar-refractivity contribution in [1.29, 1.82) is 0 Å². The minimum absolute atomic E-state index is 0.0192. The van der Waals surface area contributed by atoms with Crippen LogP contribution in [-0.4, -0.2) is 12.1 Å². The molecule has 0 bridgehead atoms. The Labute approximate surface area is 139 Å². The van der Waals surface area contributed by atoms with Crippen molar-refractivity contribution in [3.05, 3.63) is 59.2 Å². The second-order valence-electron chi connectivity index (χ2n) is 6.45. The molecule has 1 fully saturated rings. The van der Waals surface area contributed by atoms with E-state index >= 15 is 0 Å². The lowest BCUT2D eigenvalue weighted by Crippen LogP contribution is -2.19. The molecule has 0 spiro atoms. The van der Waals surface area contributed by atoms with E-state index in [-0.39, 0.29) is 11.8 Å². The summed E-state index contributed by atoms with van der Waals surface area (Å²) in [5, 5.41) is 4.03. The first-order valence-electron chi connectivity index (χ1n) is 8.25. The van der Waals surface area contributed by atoms with E-state index in [9.17, 15) is 4.79 Å². The van der Waals surface area contributed by atoms with Gasteiger partial charge in [0.25, 0.3) is 0 Å². The van der Waals surface area contributed by atoms with Crippen LogP contribution in [-0.2, 0) is 4.79 Å². The van der Waals surface area contributed by atoms with Crippen LogP contribution in [0.4, 0.5) is 0 Å². The fraction of sp³-hybridized carbons (Fsp3) is 0.400. The number of carbonyl (C=O) groups is 1. The van der Waals surface area contributed by atoms with Crippen LogP contribution in [0.15, 0.2) is 58.7 Å². The Morgan fingerprint density at radius 1 is 1.26 bits per heavy atom.